The number of rotatable bonds is 4. The van der Waals surface area contributed by atoms with Gasteiger partial charge in [0.2, 0.25) is 0 Å². The van der Waals surface area contributed by atoms with Crippen LogP contribution < -0.4 is 5.32 Å². The summed E-state index contributed by atoms with van der Waals surface area (Å²) in [4.78, 5) is 0. The Morgan fingerprint density at radius 1 is 1.00 bits per heavy atom. The third kappa shape index (κ3) is 3.16. The molecule has 1 aliphatic rings. The third-order valence-corrected chi connectivity index (χ3v) is 4.30. The molecule has 2 aromatic rings. The van der Waals surface area contributed by atoms with Gasteiger partial charge in [0.05, 0.1) is 0 Å². The standard InChI is InChI=1S/C19H22FN/c1-2-21-13-17-9-10-18(20)12-19(17)16-8-7-14-5-3-4-6-15(14)11-16/h7-12,21H,2-6,13H2,1H3. The first-order chi connectivity index (χ1) is 10.3. The lowest BCUT2D eigenvalue weighted by atomic mass is 9.88. The fourth-order valence-electron chi connectivity index (χ4n) is 3.13. The van der Waals surface area contributed by atoms with Crippen molar-refractivity contribution >= 4 is 0 Å². The van der Waals surface area contributed by atoms with Crippen LogP contribution in [0.25, 0.3) is 11.1 Å². The van der Waals surface area contributed by atoms with Crippen LogP contribution in [-0.2, 0) is 19.4 Å². The molecular weight excluding hydrogens is 261 g/mol. The molecule has 0 atom stereocenters. The van der Waals surface area contributed by atoms with E-state index in [4.69, 9.17) is 0 Å². The molecule has 2 aromatic carbocycles. The van der Waals surface area contributed by atoms with Crippen molar-refractivity contribution in [1.29, 1.82) is 0 Å². The number of benzene rings is 2. The van der Waals surface area contributed by atoms with Crippen LogP contribution in [0.2, 0.25) is 0 Å². The minimum absolute atomic E-state index is 0.164. The van der Waals surface area contributed by atoms with E-state index in [1.807, 2.05) is 6.07 Å². The van der Waals surface area contributed by atoms with Gasteiger partial charge in [-0.1, -0.05) is 31.2 Å². The number of hydrogen-bond donors (Lipinski definition) is 1. The molecule has 0 saturated carbocycles. The molecule has 0 aromatic heterocycles. The first-order valence-corrected chi connectivity index (χ1v) is 7.89. The number of halogens is 1. The summed E-state index contributed by atoms with van der Waals surface area (Å²) in [6, 6.07) is 11.7. The first-order valence-electron chi connectivity index (χ1n) is 7.89. The fourth-order valence-corrected chi connectivity index (χ4v) is 3.13. The molecule has 0 saturated heterocycles. The van der Waals surface area contributed by atoms with Gasteiger partial charge < -0.3 is 5.32 Å². The molecule has 0 heterocycles. The first kappa shape index (κ1) is 14.3. The van der Waals surface area contributed by atoms with Gasteiger partial charge in [0.25, 0.3) is 0 Å². The molecule has 110 valence electrons. The number of aryl methyl sites for hydroxylation is 2. The zero-order valence-corrected chi connectivity index (χ0v) is 12.6. The van der Waals surface area contributed by atoms with Crippen LogP contribution in [0, 0.1) is 5.82 Å². The molecule has 0 unspecified atom stereocenters. The van der Waals surface area contributed by atoms with Gasteiger partial charge in [-0.15, -0.1) is 0 Å². The summed E-state index contributed by atoms with van der Waals surface area (Å²) in [6.45, 7) is 3.78. The molecule has 0 aliphatic heterocycles. The molecule has 3 rings (SSSR count). The van der Waals surface area contributed by atoms with Crippen molar-refractivity contribution in [2.45, 2.75) is 39.2 Å². The van der Waals surface area contributed by atoms with Crippen LogP contribution >= 0.6 is 0 Å². The van der Waals surface area contributed by atoms with Crippen molar-refractivity contribution in [2.24, 2.45) is 0 Å². The SMILES string of the molecule is CCNCc1ccc(F)cc1-c1ccc2c(c1)CCCC2. The van der Waals surface area contributed by atoms with Gasteiger partial charge in [-0.3, -0.25) is 0 Å². The van der Waals surface area contributed by atoms with E-state index < -0.39 is 0 Å². The summed E-state index contributed by atoms with van der Waals surface area (Å²) < 4.78 is 13.7. The Kier molecular flexibility index (Phi) is 4.35. The van der Waals surface area contributed by atoms with Crippen molar-refractivity contribution in [2.75, 3.05) is 6.54 Å². The van der Waals surface area contributed by atoms with Gasteiger partial charge in [0, 0.05) is 6.54 Å². The minimum atomic E-state index is -0.164. The molecule has 0 fully saturated rings. The van der Waals surface area contributed by atoms with Crippen molar-refractivity contribution in [1.82, 2.24) is 5.32 Å². The smallest absolute Gasteiger partial charge is 0.123 e. The maximum atomic E-state index is 13.7. The van der Waals surface area contributed by atoms with Gasteiger partial charge in [-0.25, -0.2) is 4.39 Å². The van der Waals surface area contributed by atoms with Crippen molar-refractivity contribution in [3.63, 3.8) is 0 Å². The van der Waals surface area contributed by atoms with Gasteiger partial charge in [0.1, 0.15) is 5.82 Å². The quantitative estimate of drug-likeness (QED) is 0.872. The van der Waals surface area contributed by atoms with Crippen LogP contribution in [0.5, 0.6) is 0 Å². The second kappa shape index (κ2) is 6.40. The summed E-state index contributed by atoms with van der Waals surface area (Å²) >= 11 is 0. The Morgan fingerprint density at radius 3 is 2.62 bits per heavy atom. The average Bonchev–Trinajstić information content (AvgIpc) is 2.53. The minimum Gasteiger partial charge on any atom is -0.313 e. The van der Waals surface area contributed by atoms with Gasteiger partial charge in [-0.2, -0.15) is 0 Å². The lowest BCUT2D eigenvalue weighted by Gasteiger charge is -2.18. The highest BCUT2D eigenvalue weighted by molar-refractivity contribution is 5.69. The summed E-state index contributed by atoms with van der Waals surface area (Å²) in [5.74, 6) is -0.164. The molecule has 0 spiro atoms. The Hall–Kier alpha value is -1.67. The zero-order valence-electron chi connectivity index (χ0n) is 12.6. The van der Waals surface area contributed by atoms with Gasteiger partial charge >= 0.3 is 0 Å². The van der Waals surface area contributed by atoms with E-state index in [1.54, 1.807) is 12.1 Å². The molecule has 1 aliphatic carbocycles. The van der Waals surface area contributed by atoms with E-state index in [0.717, 1.165) is 36.2 Å². The highest BCUT2D eigenvalue weighted by atomic mass is 19.1. The van der Waals surface area contributed by atoms with Gasteiger partial charge in [0.15, 0.2) is 0 Å². The molecule has 0 amide bonds. The van der Waals surface area contributed by atoms with E-state index in [0.29, 0.717) is 0 Å². The van der Waals surface area contributed by atoms with E-state index in [1.165, 1.54) is 30.4 Å². The molecule has 1 N–H and O–H groups in total. The topological polar surface area (TPSA) is 12.0 Å². The predicted molar refractivity (Wildman–Crippen MR) is 85.9 cm³/mol. The summed E-state index contributed by atoms with van der Waals surface area (Å²) in [7, 11) is 0. The Morgan fingerprint density at radius 2 is 1.81 bits per heavy atom. The monoisotopic (exact) mass is 283 g/mol. The molecule has 0 bridgehead atoms. The van der Waals surface area contributed by atoms with E-state index >= 15 is 0 Å². The molecule has 1 nitrogen and oxygen atoms in total. The second-order valence-electron chi connectivity index (χ2n) is 5.77. The molecule has 21 heavy (non-hydrogen) atoms. The zero-order chi connectivity index (χ0) is 14.7. The average molecular weight is 283 g/mol. The number of nitrogens with one attached hydrogen (secondary N) is 1. The summed E-state index contributed by atoms with van der Waals surface area (Å²) in [5, 5.41) is 3.33. The Balaban J connectivity index is 2.00. The fraction of sp³-hybridized carbons (Fsp3) is 0.368. The van der Waals surface area contributed by atoms with Crippen LogP contribution in [-0.4, -0.2) is 6.54 Å². The lowest BCUT2D eigenvalue weighted by molar-refractivity contribution is 0.626. The Bertz CT molecular complexity index is 633. The molecular formula is C19H22FN. The van der Waals surface area contributed by atoms with Crippen LogP contribution in [0.1, 0.15) is 36.5 Å². The highest BCUT2D eigenvalue weighted by Gasteiger charge is 2.12. The van der Waals surface area contributed by atoms with Crippen LogP contribution in [0.3, 0.4) is 0 Å². The van der Waals surface area contributed by atoms with E-state index in [9.17, 15) is 4.39 Å². The predicted octanol–water partition coefficient (Wildman–Crippen LogP) is 4.48. The van der Waals surface area contributed by atoms with Crippen molar-refractivity contribution < 1.29 is 4.39 Å². The Labute approximate surface area is 126 Å². The highest BCUT2D eigenvalue weighted by Crippen LogP contribution is 2.30. The van der Waals surface area contributed by atoms with Crippen molar-refractivity contribution in [3.05, 3.63) is 58.9 Å². The second-order valence-corrected chi connectivity index (χ2v) is 5.77. The number of hydrogen-bond acceptors (Lipinski definition) is 1. The van der Waals surface area contributed by atoms with Gasteiger partial charge in [-0.05, 0) is 72.2 Å². The third-order valence-electron chi connectivity index (χ3n) is 4.30. The number of fused-ring (bicyclic) bond motifs is 1. The van der Waals surface area contributed by atoms with Crippen LogP contribution in [0.4, 0.5) is 4.39 Å². The van der Waals surface area contributed by atoms with E-state index in [2.05, 4.69) is 30.4 Å². The summed E-state index contributed by atoms with van der Waals surface area (Å²) in [5.41, 5.74) is 6.23. The molecule has 2 heteroatoms. The lowest BCUT2D eigenvalue weighted by Crippen LogP contribution is -2.12. The largest absolute Gasteiger partial charge is 0.313 e. The van der Waals surface area contributed by atoms with Crippen molar-refractivity contribution in [3.8, 4) is 11.1 Å². The molecule has 0 radical (unpaired) electrons. The van der Waals surface area contributed by atoms with E-state index in [-0.39, 0.29) is 5.82 Å². The maximum Gasteiger partial charge on any atom is 0.123 e. The summed E-state index contributed by atoms with van der Waals surface area (Å²) in [6.07, 6.45) is 4.89. The normalized spacial score (nSPS) is 14.0. The van der Waals surface area contributed by atoms with Crippen LogP contribution in [0.15, 0.2) is 36.4 Å². The maximum absolute atomic E-state index is 13.7.